The summed E-state index contributed by atoms with van der Waals surface area (Å²) in [6.45, 7) is 1.60. The quantitative estimate of drug-likeness (QED) is 0.927. The molecule has 100 valence electrons. The number of aryl methyl sites for hydroxylation is 1. The third kappa shape index (κ3) is 2.75. The molecule has 0 atom stereocenters. The lowest BCUT2D eigenvalue weighted by Crippen LogP contribution is -1.98. The number of rotatable bonds is 3. The highest BCUT2D eigenvalue weighted by Crippen LogP contribution is 2.27. The minimum atomic E-state index is -1.12. The first-order chi connectivity index (χ1) is 9.51. The molecule has 0 bridgehead atoms. The standard InChI is InChI=1S/C15H10FNO3/c1-9-6-12(3-4-13(9)16)20-14-5-2-10(15(18)19)7-11(14)8-17/h2-7H,1H3,(H,18,19). The van der Waals surface area contributed by atoms with Crippen molar-refractivity contribution in [3.8, 4) is 17.6 Å². The minimum Gasteiger partial charge on any atom is -0.478 e. The van der Waals surface area contributed by atoms with E-state index in [-0.39, 0.29) is 22.7 Å². The molecule has 0 aliphatic carbocycles. The second kappa shape index (κ2) is 5.41. The highest BCUT2D eigenvalue weighted by atomic mass is 19.1. The molecular formula is C15H10FNO3. The predicted molar refractivity (Wildman–Crippen MR) is 69.3 cm³/mol. The number of aromatic carboxylic acids is 1. The molecule has 0 saturated carbocycles. The lowest BCUT2D eigenvalue weighted by molar-refractivity contribution is 0.0697. The number of benzene rings is 2. The van der Waals surface area contributed by atoms with Crippen LogP contribution in [0.15, 0.2) is 36.4 Å². The Morgan fingerprint density at radius 3 is 2.65 bits per heavy atom. The van der Waals surface area contributed by atoms with Gasteiger partial charge in [0, 0.05) is 0 Å². The topological polar surface area (TPSA) is 70.3 Å². The van der Waals surface area contributed by atoms with Gasteiger partial charge in [0.15, 0.2) is 0 Å². The molecule has 0 saturated heterocycles. The highest BCUT2D eigenvalue weighted by Gasteiger charge is 2.10. The van der Waals surface area contributed by atoms with Crippen LogP contribution in [0, 0.1) is 24.1 Å². The summed E-state index contributed by atoms with van der Waals surface area (Å²) < 4.78 is 18.6. The van der Waals surface area contributed by atoms with Crippen LogP contribution in [-0.2, 0) is 0 Å². The van der Waals surface area contributed by atoms with Crippen LogP contribution in [0.2, 0.25) is 0 Å². The molecule has 0 heterocycles. The molecule has 0 aliphatic rings. The van der Waals surface area contributed by atoms with Gasteiger partial charge in [0.2, 0.25) is 0 Å². The van der Waals surface area contributed by atoms with Crippen LogP contribution >= 0.6 is 0 Å². The summed E-state index contributed by atoms with van der Waals surface area (Å²) in [4.78, 5) is 10.8. The van der Waals surface area contributed by atoms with Gasteiger partial charge in [-0.1, -0.05) is 0 Å². The number of hydrogen-bond donors (Lipinski definition) is 1. The van der Waals surface area contributed by atoms with Gasteiger partial charge in [-0.3, -0.25) is 0 Å². The van der Waals surface area contributed by atoms with Crippen molar-refractivity contribution in [1.29, 1.82) is 5.26 Å². The Morgan fingerprint density at radius 2 is 2.05 bits per heavy atom. The Bertz CT molecular complexity index is 720. The fourth-order valence-electron chi connectivity index (χ4n) is 1.65. The van der Waals surface area contributed by atoms with E-state index < -0.39 is 5.97 Å². The molecule has 5 heteroatoms. The summed E-state index contributed by atoms with van der Waals surface area (Å²) >= 11 is 0. The monoisotopic (exact) mass is 271 g/mol. The number of carbonyl (C=O) groups is 1. The van der Waals surface area contributed by atoms with E-state index in [1.165, 1.54) is 36.4 Å². The zero-order chi connectivity index (χ0) is 14.7. The smallest absolute Gasteiger partial charge is 0.335 e. The Morgan fingerprint density at radius 1 is 1.30 bits per heavy atom. The van der Waals surface area contributed by atoms with Gasteiger partial charge in [-0.2, -0.15) is 5.26 Å². The maximum atomic E-state index is 13.2. The molecule has 20 heavy (non-hydrogen) atoms. The molecule has 0 radical (unpaired) electrons. The third-order valence-electron chi connectivity index (χ3n) is 2.70. The van der Waals surface area contributed by atoms with Crippen LogP contribution in [0.3, 0.4) is 0 Å². The molecule has 2 aromatic carbocycles. The number of hydrogen-bond acceptors (Lipinski definition) is 3. The Kier molecular flexibility index (Phi) is 3.67. The maximum Gasteiger partial charge on any atom is 0.335 e. The zero-order valence-electron chi connectivity index (χ0n) is 10.6. The van der Waals surface area contributed by atoms with E-state index >= 15 is 0 Å². The van der Waals surface area contributed by atoms with E-state index in [4.69, 9.17) is 15.1 Å². The van der Waals surface area contributed by atoms with E-state index in [0.29, 0.717) is 11.3 Å². The van der Waals surface area contributed by atoms with Crippen molar-refractivity contribution in [2.75, 3.05) is 0 Å². The summed E-state index contributed by atoms with van der Waals surface area (Å²) in [6, 6.07) is 10.1. The summed E-state index contributed by atoms with van der Waals surface area (Å²) in [7, 11) is 0. The molecule has 0 spiro atoms. The first-order valence-electron chi connectivity index (χ1n) is 5.72. The number of halogens is 1. The van der Waals surface area contributed by atoms with Gasteiger partial charge in [-0.05, 0) is 48.9 Å². The minimum absolute atomic E-state index is 0.00388. The van der Waals surface area contributed by atoms with Gasteiger partial charge in [-0.15, -0.1) is 0 Å². The van der Waals surface area contributed by atoms with Crippen LogP contribution in [0.5, 0.6) is 11.5 Å². The summed E-state index contributed by atoms with van der Waals surface area (Å²) in [5.41, 5.74) is 0.527. The molecule has 0 amide bonds. The van der Waals surface area contributed by atoms with E-state index in [1.54, 1.807) is 6.92 Å². The molecule has 0 aromatic heterocycles. The molecule has 0 unspecified atom stereocenters. The van der Waals surface area contributed by atoms with Gasteiger partial charge in [0.25, 0.3) is 0 Å². The molecule has 0 fully saturated rings. The van der Waals surface area contributed by atoms with Gasteiger partial charge in [0.05, 0.1) is 11.1 Å². The first kappa shape index (κ1) is 13.6. The van der Waals surface area contributed by atoms with Crippen molar-refractivity contribution in [3.63, 3.8) is 0 Å². The van der Waals surface area contributed by atoms with Crippen molar-refractivity contribution in [3.05, 3.63) is 58.9 Å². The van der Waals surface area contributed by atoms with E-state index in [2.05, 4.69) is 0 Å². The largest absolute Gasteiger partial charge is 0.478 e. The summed E-state index contributed by atoms with van der Waals surface area (Å²) in [5.74, 6) is -0.864. The van der Waals surface area contributed by atoms with Crippen molar-refractivity contribution in [2.24, 2.45) is 0 Å². The van der Waals surface area contributed by atoms with Gasteiger partial charge >= 0.3 is 5.97 Å². The third-order valence-corrected chi connectivity index (χ3v) is 2.70. The van der Waals surface area contributed by atoms with Crippen LogP contribution in [0.4, 0.5) is 4.39 Å². The number of nitrogens with zero attached hydrogens (tertiary/aromatic N) is 1. The average molecular weight is 271 g/mol. The molecule has 2 rings (SSSR count). The van der Waals surface area contributed by atoms with Crippen molar-refractivity contribution in [1.82, 2.24) is 0 Å². The highest BCUT2D eigenvalue weighted by molar-refractivity contribution is 5.88. The molecule has 4 nitrogen and oxygen atoms in total. The number of carboxylic acids is 1. The Labute approximate surface area is 114 Å². The molecular weight excluding hydrogens is 261 g/mol. The predicted octanol–water partition coefficient (Wildman–Crippen LogP) is 3.50. The number of carboxylic acid groups (broad SMARTS) is 1. The maximum absolute atomic E-state index is 13.2. The lowest BCUT2D eigenvalue weighted by Gasteiger charge is -2.09. The van der Waals surface area contributed by atoms with E-state index in [9.17, 15) is 9.18 Å². The second-order valence-electron chi connectivity index (χ2n) is 4.14. The Hall–Kier alpha value is -2.87. The van der Waals surface area contributed by atoms with Crippen molar-refractivity contribution < 1.29 is 19.0 Å². The van der Waals surface area contributed by atoms with Gasteiger partial charge in [-0.25, -0.2) is 9.18 Å². The molecule has 2 aromatic rings. The fourth-order valence-corrected chi connectivity index (χ4v) is 1.65. The van der Waals surface area contributed by atoms with Crippen LogP contribution in [-0.4, -0.2) is 11.1 Å². The van der Waals surface area contributed by atoms with E-state index in [0.717, 1.165) is 0 Å². The van der Waals surface area contributed by atoms with Crippen LogP contribution in [0.25, 0.3) is 0 Å². The first-order valence-corrected chi connectivity index (χ1v) is 5.72. The second-order valence-corrected chi connectivity index (χ2v) is 4.14. The van der Waals surface area contributed by atoms with Gasteiger partial charge in [0.1, 0.15) is 23.4 Å². The van der Waals surface area contributed by atoms with Crippen molar-refractivity contribution >= 4 is 5.97 Å². The normalized spacial score (nSPS) is 9.85. The van der Waals surface area contributed by atoms with Crippen molar-refractivity contribution in [2.45, 2.75) is 6.92 Å². The van der Waals surface area contributed by atoms with Crippen LogP contribution < -0.4 is 4.74 Å². The van der Waals surface area contributed by atoms with E-state index in [1.807, 2.05) is 6.07 Å². The SMILES string of the molecule is Cc1cc(Oc2ccc(C(=O)O)cc2C#N)ccc1F. The summed E-state index contributed by atoms with van der Waals surface area (Å²) in [5, 5.41) is 17.9. The average Bonchev–Trinajstić information content (AvgIpc) is 2.43. The zero-order valence-corrected chi connectivity index (χ0v) is 10.6. The Balaban J connectivity index is 2.36. The van der Waals surface area contributed by atoms with Crippen LogP contribution in [0.1, 0.15) is 21.5 Å². The number of ether oxygens (including phenoxy) is 1. The molecule has 1 N–H and O–H groups in total. The fraction of sp³-hybridized carbons (Fsp3) is 0.0667. The number of nitriles is 1. The lowest BCUT2D eigenvalue weighted by atomic mass is 10.1. The summed E-state index contributed by atoms with van der Waals surface area (Å²) in [6.07, 6.45) is 0. The van der Waals surface area contributed by atoms with Gasteiger partial charge < -0.3 is 9.84 Å². The molecule has 0 aliphatic heterocycles.